The lowest BCUT2D eigenvalue weighted by Crippen LogP contribution is -2.20. The van der Waals surface area contributed by atoms with Gasteiger partial charge in [-0.2, -0.15) is 5.26 Å². The monoisotopic (exact) mass is 445 g/mol. The topological polar surface area (TPSA) is 91.2 Å². The molecule has 0 saturated carbocycles. The largest absolute Gasteiger partial charge is 0.483 e. The van der Waals surface area contributed by atoms with Crippen molar-refractivity contribution in [1.82, 2.24) is 0 Å². The Morgan fingerprint density at radius 1 is 1.03 bits per heavy atom. The molecular formula is C25H20ClN3O3. The molecular weight excluding hydrogens is 426 g/mol. The molecule has 0 aromatic heterocycles. The molecule has 0 aliphatic carbocycles. The van der Waals surface area contributed by atoms with E-state index in [2.05, 4.69) is 10.6 Å². The molecule has 7 heteroatoms. The third-order valence-corrected chi connectivity index (χ3v) is 4.70. The van der Waals surface area contributed by atoms with Gasteiger partial charge in [0.15, 0.2) is 6.61 Å². The first-order chi connectivity index (χ1) is 15.5. The highest BCUT2D eigenvalue weighted by atomic mass is 35.5. The van der Waals surface area contributed by atoms with Crippen LogP contribution in [0.15, 0.2) is 78.4 Å². The number of benzene rings is 3. The Hall–Kier alpha value is -4.08. The van der Waals surface area contributed by atoms with Crippen LogP contribution in [0.4, 0.5) is 11.4 Å². The molecule has 0 aliphatic heterocycles. The Morgan fingerprint density at radius 2 is 1.78 bits per heavy atom. The summed E-state index contributed by atoms with van der Waals surface area (Å²) in [6, 6.07) is 22.9. The van der Waals surface area contributed by atoms with Crippen LogP contribution in [-0.4, -0.2) is 18.4 Å². The number of nitrogens with one attached hydrogen (secondary N) is 2. The molecule has 3 aromatic carbocycles. The second-order valence-corrected chi connectivity index (χ2v) is 7.26. The van der Waals surface area contributed by atoms with Gasteiger partial charge in [-0.15, -0.1) is 0 Å². The molecule has 160 valence electrons. The van der Waals surface area contributed by atoms with Crippen molar-refractivity contribution in [3.05, 3.63) is 94.5 Å². The third-order valence-electron chi connectivity index (χ3n) is 4.37. The maximum Gasteiger partial charge on any atom is 0.266 e. The Morgan fingerprint density at radius 3 is 2.53 bits per heavy atom. The van der Waals surface area contributed by atoms with Gasteiger partial charge < -0.3 is 15.4 Å². The van der Waals surface area contributed by atoms with Crippen LogP contribution >= 0.6 is 11.6 Å². The fourth-order valence-corrected chi connectivity index (χ4v) is 3.03. The predicted octanol–water partition coefficient (Wildman–Crippen LogP) is 5.21. The molecule has 3 aromatic rings. The summed E-state index contributed by atoms with van der Waals surface area (Å²) in [7, 11) is 0. The highest BCUT2D eigenvalue weighted by molar-refractivity contribution is 6.34. The van der Waals surface area contributed by atoms with Gasteiger partial charge in [-0.05, 0) is 48.9 Å². The van der Waals surface area contributed by atoms with E-state index in [9.17, 15) is 14.9 Å². The average molecular weight is 446 g/mol. The number of carbonyl (C=O) groups is 2. The fourth-order valence-electron chi connectivity index (χ4n) is 2.85. The summed E-state index contributed by atoms with van der Waals surface area (Å²) in [5, 5.41) is 15.2. The maximum atomic E-state index is 12.5. The number of aryl methyl sites for hydroxylation is 1. The molecule has 0 radical (unpaired) electrons. The van der Waals surface area contributed by atoms with E-state index in [1.165, 1.54) is 6.08 Å². The lowest BCUT2D eigenvalue weighted by Gasteiger charge is -2.11. The second-order valence-electron chi connectivity index (χ2n) is 6.85. The zero-order valence-electron chi connectivity index (χ0n) is 17.3. The van der Waals surface area contributed by atoms with Gasteiger partial charge in [0.25, 0.3) is 11.8 Å². The van der Waals surface area contributed by atoms with E-state index < -0.39 is 5.91 Å². The molecule has 32 heavy (non-hydrogen) atoms. The normalized spacial score (nSPS) is 10.7. The molecule has 2 N–H and O–H groups in total. The van der Waals surface area contributed by atoms with Crippen molar-refractivity contribution >= 4 is 40.9 Å². The molecule has 0 saturated heterocycles. The quantitative estimate of drug-likeness (QED) is 0.385. The summed E-state index contributed by atoms with van der Waals surface area (Å²) in [6.07, 6.45) is 1.40. The first kappa shape index (κ1) is 22.6. The van der Waals surface area contributed by atoms with Crippen LogP contribution in [0.2, 0.25) is 5.02 Å². The van der Waals surface area contributed by atoms with E-state index >= 15 is 0 Å². The van der Waals surface area contributed by atoms with Gasteiger partial charge in [0.05, 0.1) is 10.7 Å². The third kappa shape index (κ3) is 6.21. The zero-order valence-corrected chi connectivity index (χ0v) is 18.0. The minimum absolute atomic E-state index is 0.134. The van der Waals surface area contributed by atoms with E-state index in [-0.39, 0.29) is 18.1 Å². The van der Waals surface area contributed by atoms with Crippen LogP contribution in [-0.2, 0) is 9.59 Å². The van der Waals surface area contributed by atoms with Crippen LogP contribution in [0.3, 0.4) is 0 Å². The highest BCUT2D eigenvalue weighted by Gasteiger charge is 2.13. The van der Waals surface area contributed by atoms with E-state index in [4.69, 9.17) is 16.3 Å². The number of halogens is 1. The van der Waals surface area contributed by atoms with Gasteiger partial charge in [0.2, 0.25) is 0 Å². The van der Waals surface area contributed by atoms with E-state index in [0.29, 0.717) is 27.7 Å². The average Bonchev–Trinajstić information content (AvgIpc) is 2.78. The van der Waals surface area contributed by atoms with E-state index in [1.54, 1.807) is 54.6 Å². The number of carbonyl (C=O) groups excluding carboxylic acids is 2. The molecule has 6 nitrogen and oxygen atoms in total. The number of hydrogen-bond acceptors (Lipinski definition) is 4. The molecule has 0 bridgehead atoms. The van der Waals surface area contributed by atoms with Crippen molar-refractivity contribution in [3.8, 4) is 11.8 Å². The summed E-state index contributed by atoms with van der Waals surface area (Å²) in [6.45, 7) is 1.70. The van der Waals surface area contributed by atoms with Crippen molar-refractivity contribution in [2.45, 2.75) is 6.92 Å². The number of rotatable bonds is 7. The van der Waals surface area contributed by atoms with E-state index in [0.717, 1.165) is 5.56 Å². The second kappa shape index (κ2) is 10.8. The molecule has 0 fully saturated rings. The number of hydrogen-bond donors (Lipinski definition) is 2. The highest BCUT2D eigenvalue weighted by Crippen LogP contribution is 2.24. The van der Waals surface area contributed by atoms with E-state index in [1.807, 2.05) is 31.2 Å². The number of amides is 2. The molecule has 3 rings (SSSR count). The first-order valence-electron chi connectivity index (χ1n) is 9.72. The number of ether oxygens (including phenoxy) is 1. The Labute approximate surface area is 191 Å². The van der Waals surface area contributed by atoms with Crippen molar-refractivity contribution in [2.24, 2.45) is 0 Å². The van der Waals surface area contributed by atoms with Gasteiger partial charge in [-0.25, -0.2) is 0 Å². The fraction of sp³-hybridized carbons (Fsp3) is 0.0800. The summed E-state index contributed by atoms with van der Waals surface area (Å²) < 4.78 is 5.65. The summed E-state index contributed by atoms with van der Waals surface area (Å²) in [5.74, 6) is -0.566. The predicted molar refractivity (Wildman–Crippen MR) is 125 cm³/mol. The summed E-state index contributed by atoms with van der Waals surface area (Å²) in [4.78, 5) is 24.8. The number of nitrogens with zero attached hydrogens (tertiary/aromatic N) is 1. The Bertz CT molecular complexity index is 1210. The van der Waals surface area contributed by atoms with Crippen molar-refractivity contribution < 1.29 is 14.3 Å². The van der Waals surface area contributed by atoms with Crippen LogP contribution in [0.5, 0.6) is 5.75 Å². The molecule has 0 unspecified atom stereocenters. The first-order valence-corrected chi connectivity index (χ1v) is 10.1. The zero-order chi connectivity index (χ0) is 22.9. The molecule has 0 aliphatic rings. The molecule has 2 amide bonds. The minimum Gasteiger partial charge on any atom is -0.483 e. The Balaban J connectivity index is 1.71. The minimum atomic E-state index is -0.604. The molecule has 0 spiro atoms. The number of nitriles is 1. The number of anilines is 2. The summed E-state index contributed by atoms with van der Waals surface area (Å²) in [5.41, 5.74) is 2.46. The van der Waals surface area contributed by atoms with Gasteiger partial charge in [0.1, 0.15) is 17.4 Å². The van der Waals surface area contributed by atoms with Crippen LogP contribution in [0, 0.1) is 18.3 Å². The maximum absolute atomic E-state index is 12.5. The van der Waals surface area contributed by atoms with Crippen LogP contribution in [0.25, 0.3) is 6.08 Å². The van der Waals surface area contributed by atoms with Crippen LogP contribution < -0.4 is 15.4 Å². The molecule has 0 atom stereocenters. The summed E-state index contributed by atoms with van der Waals surface area (Å²) >= 11 is 6.06. The lowest BCUT2D eigenvalue weighted by atomic mass is 10.1. The van der Waals surface area contributed by atoms with Crippen molar-refractivity contribution in [2.75, 3.05) is 17.2 Å². The molecule has 0 heterocycles. The van der Waals surface area contributed by atoms with Gasteiger partial charge in [-0.1, -0.05) is 54.1 Å². The number of para-hydroxylation sites is 2. The SMILES string of the molecule is Cc1cccc(NC(=O)COc2ccccc2/C=C(\C#N)C(=O)Nc2ccccc2Cl)c1. The van der Waals surface area contributed by atoms with Gasteiger partial charge in [0, 0.05) is 11.3 Å². The van der Waals surface area contributed by atoms with Gasteiger partial charge >= 0.3 is 0 Å². The lowest BCUT2D eigenvalue weighted by molar-refractivity contribution is -0.118. The van der Waals surface area contributed by atoms with Gasteiger partial charge in [-0.3, -0.25) is 9.59 Å². The van der Waals surface area contributed by atoms with Crippen molar-refractivity contribution in [1.29, 1.82) is 5.26 Å². The smallest absolute Gasteiger partial charge is 0.266 e. The standard InChI is InChI=1S/C25H20ClN3O3/c1-17-7-6-9-20(13-17)28-24(30)16-32-23-12-5-2-8-18(23)14-19(15-27)25(31)29-22-11-4-3-10-21(22)26/h2-14H,16H2,1H3,(H,28,30)(H,29,31)/b19-14+. The van der Waals surface area contributed by atoms with Crippen molar-refractivity contribution in [3.63, 3.8) is 0 Å². The van der Waals surface area contributed by atoms with Crippen LogP contribution in [0.1, 0.15) is 11.1 Å². The Kier molecular flexibility index (Phi) is 7.63.